The van der Waals surface area contributed by atoms with E-state index < -0.39 is 10.0 Å². The monoisotopic (exact) mass is 411 g/mol. The molecule has 2 aromatic carbocycles. The van der Waals surface area contributed by atoms with Crippen LogP contribution in [0.1, 0.15) is 12.5 Å². The van der Waals surface area contributed by atoms with Gasteiger partial charge in [0.15, 0.2) is 0 Å². The first-order chi connectivity index (χ1) is 11.4. The molecular weight excluding hydrogens is 394 g/mol. The second-order valence-corrected chi connectivity index (χ2v) is 8.34. The Labute approximate surface area is 150 Å². The van der Waals surface area contributed by atoms with Crippen LogP contribution >= 0.6 is 15.9 Å². The number of methoxy groups -OCH3 is 2. The van der Waals surface area contributed by atoms with Crippen molar-refractivity contribution < 1.29 is 17.9 Å². The molecule has 0 aliphatic carbocycles. The second-order valence-electron chi connectivity index (χ2n) is 5.64. The van der Waals surface area contributed by atoms with E-state index in [1.54, 1.807) is 12.1 Å². The maximum atomic E-state index is 13.3. The Morgan fingerprint density at radius 1 is 1.12 bits per heavy atom. The van der Waals surface area contributed by atoms with Crippen LogP contribution in [0.4, 0.5) is 5.69 Å². The van der Waals surface area contributed by atoms with Crippen molar-refractivity contribution in [3.8, 4) is 11.5 Å². The molecule has 0 radical (unpaired) electrons. The summed E-state index contributed by atoms with van der Waals surface area (Å²) in [6, 6.07) is 10.2. The Morgan fingerprint density at radius 3 is 2.54 bits per heavy atom. The first kappa shape index (κ1) is 17.1. The molecule has 0 aromatic heterocycles. The summed E-state index contributed by atoms with van der Waals surface area (Å²) < 4.78 is 39.5. The molecule has 1 atom stereocenters. The van der Waals surface area contributed by atoms with Gasteiger partial charge in [0, 0.05) is 16.6 Å². The van der Waals surface area contributed by atoms with Gasteiger partial charge in [0.05, 0.1) is 19.9 Å². The third-order valence-corrected chi connectivity index (χ3v) is 6.54. The van der Waals surface area contributed by atoms with Gasteiger partial charge in [0.25, 0.3) is 10.0 Å². The molecule has 0 saturated carbocycles. The summed E-state index contributed by atoms with van der Waals surface area (Å²) in [5.41, 5.74) is 1.71. The van der Waals surface area contributed by atoms with Crippen LogP contribution in [0.15, 0.2) is 45.8 Å². The molecule has 0 bridgehead atoms. The minimum Gasteiger partial charge on any atom is -0.497 e. The molecule has 128 valence electrons. The highest BCUT2D eigenvalue weighted by Gasteiger charge is 2.37. The maximum absolute atomic E-state index is 13.3. The molecule has 0 fully saturated rings. The molecule has 0 N–H and O–H groups in total. The van der Waals surface area contributed by atoms with Crippen LogP contribution in [0.2, 0.25) is 0 Å². The summed E-state index contributed by atoms with van der Waals surface area (Å²) in [5.74, 6) is 0.769. The summed E-state index contributed by atoms with van der Waals surface area (Å²) in [6.07, 6.45) is 0.667. The van der Waals surface area contributed by atoms with E-state index in [4.69, 9.17) is 9.47 Å². The normalized spacial score (nSPS) is 16.8. The molecule has 0 amide bonds. The van der Waals surface area contributed by atoms with Crippen molar-refractivity contribution in [2.45, 2.75) is 24.3 Å². The van der Waals surface area contributed by atoms with Gasteiger partial charge in [-0.15, -0.1) is 0 Å². The highest BCUT2D eigenvalue weighted by molar-refractivity contribution is 9.10. The summed E-state index contributed by atoms with van der Waals surface area (Å²) >= 11 is 3.44. The quantitative estimate of drug-likeness (QED) is 0.770. The number of hydrogen-bond acceptors (Lipinski definition) is 4. The standard InChI is InChI=1S/C17H18BrNO4S/c1-11-8-12-9-13(18)4-6-15(12)19(11)24(20,21)17-10-14(22-2)5-7-16(17)23-3/h4-7,9-11H,8H2,1-3H3. The Hall–Kier alpha value is -1.73. The zero-order valence-electron chi connectivity index (χ0n) is 13.6. The van der Waals surface area contributed by atoms with Gasteiger partial charge < -0.3 is 9.47 Å². The Bertz CT molecular complexity index is 882. The van der Waals surface area contributed by atoms with Crippen molar-refractivity contribution in [1.82, 2.24) is 0 Å². The minimum atomic E-state index is -3.78. The Balaban J connectivity index is 2.16. The van der Waals surface area contributed by atoms with Gasteiger partial charge in [0.1, 0.15) is 16.4 Å². The molecule has 0 saturated heterocycles. The largest absolute Gasteiger partial charge is 0.497 e. The van der Waals surface area contributed by atoms with Gasteiger partial charge in [-0.05, 0) is 49.2 Å². The molecule has 2 aromatic rings. The van der Waals surface area contributed by atoms with E-state index in [9.17, 15) is 8.42 Å². The van der Waals surface area contributed by atoms with E-state index in [1.165, 1.54) is 24.6 Å². The molecule has 1 heterocycles. The highest BCUT2D eigenvalue weighted by atomic mass is 79.9. The molecule has 5 nitrogen and oxygen atoms in total. The molecule has 1 unspecified atom stereocenters. The fourth-order valence-corrected chi connectivity index (χ4v) is 5.31. The van der Waals surface area contributed by atoms with E-state index in [1.807, 2.05) is 25.1 Å². The van der Waals surface area contributed by atoms with Gasteiger partial charge in [-0.1, -0.05) is 15.9 Å². The number of hydrogen-bond donors (Lipinski definition) is 0. The number of fused-ring (bicyclic) bond motifs is 1. The van der Waals surface area contributed by atoms with Gasteiger partial charge in [-0.25, -0.2) is 8.42 Å². The lowest BCUT2D eigenvalue weighted by Gasteiger charge is -2.25. The van der Waals surface area contributed by atoms with Crippen LogP contribution in [-0.4, -0.2) is 28.7 Å². The molecule has 0 spiro atoms. The average molecular weight is 412 g/mol. The first-order valence-corrected chi connectivity index (χ1v) is 9.66. The lowest BCUT2D eigenvalue weighted by molar-refractivity contribution is 0.392. The fraction of sp³-hybridized carbons (Fsp3) is 0.294. The topological polar surface area (TPSA) is 55.8 Å². The Morgan fingerprint density at radius 2 is 1.88 bits per heavy atom. The fourth-order valence-electron chi connectivity index (χ4n) is 3.03. The number of nitrogens with zero attached hydrogens (tertiary/aromatic N) is 1. The Kier molecular flexibility index (Phi) is 4.48. The maximum Gasteiger partial charge on any atom is 0.268 e. The average Bonchev–Trinajstić information content (AvgIpc) is 2.89. The number of ether oxygens (including phenoxy) is 2. The van der Waals surface area contributed by atoms with Gasteiger partial charge in [-0.3, -0.25) is 4.31 Å². The summed E-state index contributed by atoms with van der Waals surface area (Å²) in [4.78, 5) is 0.104. The van der Waals surface area contributed by atoms with Gasteiger partial charge in [0.2, 0.25) is 0 Å². The van der Waals surface area contributed by atoms with Crippen LogP contribution < -0.4 is 13.8 Å². The van der Waals surface area contributed by atoms with E-state index >= 15 is 0 Å². The van der Waals surface area contributed by atoms with Crippen molar-refractivity contribution in [3.63, 3.8) is 0 Å². The summed E-state index contributed by atoms with van der Waals surface area (Å²) in [6.45, 7) is 1.90. The zero-order valence-corrected chi connectivity index (χ0v) is 16.0. The van der Waals surface area contributed by atoms with Crippen LogP contribution in [0, 0.1) is 0 Å². The van der Waals surface area contributed by atoms with Gasteiger partial charge in [-0.2, -0.15) is 0 Å². The van der Waals surface area contributed by atoms with Crippen LogP contribution in [0.3, 0.4) is 0 Å². The van der Waals surface area contributed by atoms with Crippen molar-refractivity contribution in [2.75, 3.05) is 18.5 Å². The predicted molar refractivity (Wildman–Crippen MR) is 96.5 cm³/mol. The molecule has 1 aliphatic rings. The van der Waals surface area contributed by atoms with Crippen LogP contribution in [0.25, 0.3) is 0 Å². The van der Waals surface area contributed by atoms with Crippen molar-refractivity contribution in [1.29, 1.82) is 0 Å². The molecule has 1 aliphatic heterocycles. The lowest BCUT2D eigenvalue weighted by Crippen LogP contribution is -2.35. The minimum absolute atomic E-state index is 0.104. The van der Waals surface area contributed by atoms with E-state index in [0.29, 0.717) is 23.6 Å². The summed E-state index contributed by atoms with van der Waals surface area (Å²) in [7, 11) is -0.815. The highest BCUT2D eigenvalue weighted by Crippen LogP contribution is 2.40. The molecular formula is C17H18BrNO4S. The van der Waals surface area contributed by atoms with E-state index in [2.05, 4.69) is 15.9 Å². The van der Waals surface area contributed by atoms with Crippen molar-refractivity contribution >= 4 is 31.6 Å². The molecule has 7 heteroatoms. The predicted octanol–water partition coefficient (Wildman–Crippen LogP) is 3.61. The third kappa shape index (κ3) is 2.75. The number of benzene rings is 2. The second kappa shape index (κ2) is 6.29. The van der Waals surface area contributed by atoms with Gasteiger partial charge >= 0.3 is 0 Å². The summed E-state index contributed by atoms with van der Waals surface area (Å²) in [5, 5.41) is 0. The number of sulfonamides is 1. The van der Waals surface area contributed by atoms with E-state index in [-0.39, 0.29) is 10.9 Å². The van der Waals surface area contributed by atoms with E-state index in [0.717, 1.165) is 10.0 Å². The molecule has 3 rings (SSSR count). The number of halogens is 1. The third-order valence-electron chi connectivity index (χ3n) is 4.10. The smallest absolute Gasteiger partial charge is 0.268 e. The van der Waals surface area contributed by atoms with Crippen LogP contribution in [0.5, 0.6) is 11.5 Å². The van der Waals surface area contributed by atoms with Crippen molar-refractivity contribution in [2.24, 2.45) is 0 Å². The number of anilines is 1. The number of rotatable bonds is 4. The zero-order chi connectivity index (χ0) is 17.5. The SMILES string of the molecule is COc1ccc(OC)c(S(=O)(=O)N2c3ccc(Br)cc3CC2C)c1. The van der Waals surface area contributed by atoms with Crippen molar-refractivity contribution in [3.05, 3.63) is 46.4 Å². The molecule has 24 heavy (non-hydrogen) atoms. The lowest BCUT2D eigenvalue weighted by atomic mass is 10.1. The van der Waals surface area contributed by atoms with Crippen LogP contribution in [-0.2, 0) is 16.4 Å². The first-order valence-electron chi connectivity index (χ1n) is 7.43.